The first-order valence-corrected chi connectivity index (χ1v) is 4.53. The number of rotatable bonds is 1. The van der Waals surface area contributed by atoms with Crippen molar-refractivity contribution in [2.24, 2.45) is 0 Å². The Morgan fingerprint density at radius 3 is 2.75 bits per heavy atom. The Kier molecular flexibility index (Phi) is 2.44. The lowest BCUT2D eigenvalue weighted by atomic mass is 10.2. The number of hydrogen-bond donors (Lipinski definition) is 1. The van der Waals surface area contributed by atoms with Crippen LogP contribution in [0, 0.1) is 18.3 Å². The highest BCUT2D eigenvalue weighted by molar-refractivity contribution is 5.57. The Bertz CT molecular complexity index is 534. The second-order valence-corrected chi connectivity index (χ2v) is 3.10. The zero-order valence-electron chi connectivity index (χ0n) is 8.55. The molecule has 0 unspecified atom stereocenters. The van der Waals surface area contributed by atoms with Crippen molar-refractivity contribution in [3.63, 3.8) is 0 Å². The molecule has 0 fully saturated rings. The molecule has 0 atom stereocenters. The SMILES string of the molecule is Cc1nc(-c2ccncn2)nc(N)c1C#N. The topological polar surface area (TPSA) is 101 Å². The van der Waals surface area contributed by atoms with Gasteiger partial charge in [-0.3, -0.25) is 0 Å². The molecule has 2 heterocycles. The molecule has 0 radical (unpaired) electrons. The van der Waals surface area contributed by atoms with Gasteiger partial charge in [-0.1, -0.05) is 0 Å². The van der Waals surface area contributed by atoms with Gasteiger partial charge >= 0.3 is 0 Å². The fourth-order valence-corrected chi connectivity index (χ4v) is 1.27. The zero-order valence-corrected chi connectivity index (χ0v) is 8.55. The van der Waals surface area contributed by atoms with Crippen LogP contribution in [0.1, 0.15) is 11.3 Å². The van der Waals surface area contributed by atoms with E-state index in [0.29, 0.717) is 22.8 Å². The van der Waals surface area contributed by atoms with E-state index in [1.54, 1.807) is 19.2 Å². The van der Waals surface area contributed by atoms with Crippen LogP contribution >= 0.6 is 0 Å². The predicted octanol–water partition coefficient (Wildman–Crippen LogP) is 0.696. The molecule has 2 rings (SSSR count). The minimum Gasteiger partial charge on any atom is -0.382 e. The van der Waals surface area contributed by atoms with E-state index in [9.17, 15) is 0 Å². The van der Waals surface area contributed by atoms with Crippen LogP contribution in [0.15, 0.2) is 18.6 Å². The molecule has 6 nitrogen and oxygen atoms in total. The molecule has 78 valence electrons. The molecule has 6 heteroatoms. The maximum Gasteiger partial charge on any atom is 0.180 e. The lowest BCUT2D eigenvalue weighted by Gasteiger charge is -2.04. The van der Waals surface area contributed by atoms with Gasteiger partial charge < -0.3 is 5.73 Å². The van der Waals surface area contributed by atoms with Crippen molar-refractivity contribution < 1.29 is 0 Å². The molecule has 0 bridgehead atoms. The quantitative estimate of drug-likeness (QED) is 0.746. The first-order valence-electron chi connectivity index (χ1n) is 4.53. The van der Waals surface area contributed by atoms with E-state index in [2.05, 4.69) is 19.9 Å². The van der Waals surface area contributed by atoms with Crippen LogP contribution in [0.3, 0.4) is 0 Å². The van der Waals surface area contributed by atoms with Crippen molar-refractivity contribution in [2.45, 2.75) is 6.92 Å². The Labute approximate surface area is 91.8 Å². The number of nitrogen functional groups attached to an aromatic ring is 1. The molecule has 0 spiro atoms. The predicted molar refractivity (Wildman–Crippen MR) is 56.9 cm³/mol. The van der Waals surface area contributed by atoms with E-state index in [-0.39, 0.29) is 5.82 Å². The van der Waals surface area contributed by atoms with Crippen molar-refractivity contribution in [2.75, 3.05) is 5.73 Å². The van der Waals surface area contributed by atoms with Crippen LogP contribution in [-0.2, 0) is 0 Å². The summed E-state index contributed by atoms with van der Waals surface area (Å²) >= 11 is 0. The molecule has 0 amide bonds. The van der Waals surface area contributed by atoms with Gasteiger partial charge in [-0.2, -0.15) is 5.26 Å². The zero-order chi connectivity index (χ0) is 11.5. The normalized spacial score (nSPS) is 9.75. The smallest absolute Gasteiger partial charge is 0.180 e. The Morgan fingerprint density at radius 1 is 1.38 bits per heavy atom. The van der Waals surface area contributed by atoms with Gasteiger partial charge in [0.15, 0.2) is 5.82 Å². The molecule has 16 heavy (non-hydrogen) atoms. The number of hydrogen-bond acceptors (Lipinski definition) is 6. The fraction of sp³-hybridized carbons (Fsp3) is 0.100. The number of nitriles is 1. The van der Waals surface area contributed by atoms with E-state index >= 15 is 0 Å². The number of aryl methyl sites for hydroxylation is 1. The van der Waals surface area contributed by atoms with E-state index in [4.69, 9.17) is 11.0 Å². The van der Waals surface area contributed by atoms with Gasteiger partial charge in [0, 0.05) is 6.20 Å². The van der Waals surface area contributed by atoms with Crippen LogP contribution < -0.4 is 5.73 Å². The second kappa shape index (κ2) is 3.90. The van der Waals surface area contributed by atoms with E-state index < -0.39 is 0 Å². The second-order valence-electron chi connectivity index (χ2n) is 3.10. The summed E-state index contributed by atoms with van der Waals surface area (Å²) in [5.74, 6) is 0.569. The van der Waals surface area contributed by atoms with Crippen LogP contribution in [0.2, 0.25) is 0 Å². The van der Waals surface area contributed by atoms with Gasteiger partial charge in [0.25, 0.3) is 0 Å². The van der Waals surface area contributed by atoms with Gasteiger partial charge in [-0.25, -0.2) is 19.9 Å². The van der Waals surface area contributed by atoms with Gasteiger partial charge in [0.1, 0.15) is 29.5 Å². The molecule has 2 N–H and O–H groups in total. The highest BCUT2D eigenvalue weighted by Gasteiger charge is 2.10. The van der Waals surface area contributed by atoms with Crippen LogP contribution in [-0.4, -0.2) is 19.9 Å². The van der Waals surface area contributed by atoms with Crippen molar-refractivity contribution in [3.8, 4) is 17.6 Å². The molecule has 0 saturated carbocycles. The molecular formula is C10H8N6. The largest absolute Gasteiger partial charge is 0.382 e. The van der Waals surface area contributed by atoms with Crippen molar-refractivity contribution in [1.29, 1.82) is 5.26 Å². The number of nitrogens with zero attached hydrogens (tertiary/aromatic N) is 5. The summed E-state index contributed by atoms with van der Waals surface area (Å²) < 4.78 is 0. The number of anilines is 1. The van der Waals surface area contributed by atoms with Gasteiger partial charge in [0.05, 0.1) is 5.69 Å². The third-order valence-corrected chi connectivity index (χ3v) is 2.04. The number of aromatic nitrogens is 4. The molecule has 0 aromatic carbocycles. The van der Waals surface area contributed by atoms with Crippen LogP contribution in [0.25, 0.3) is 11.5 Å². The Hall–Kier alpha value is -2.55. The summed E-state index contributed by atoms with van der Waals surface area (Å²) in [4.78, 5) is 16.0. The first-order chi connectivity index (χ1) is 7.72. The maximum absolute atomic E-state index is 8.83. The minimum atomic E-state index is 0.170. The van der Waals surface area contributed by atoms with Gasteiger partial charge in [-0.05, 0) is 13.0 Å². The maximum atomic E-state index is 8.83. The summed E-state index contributed by atoms with van der Waals surface area (Å²) in [6.07, 6.45) is 3.00. The molecule has 2 aromatic heterocycles. The Morgan fingerprint density at radius 2 is 2.19 bits per heavy atom. The van der Waals surface area contributed by atoms with Crippen molar-refractivity contribution >= 4 is 5.82 Å². The average molecular weight is 212 g/mol. The summed E-state index contributed by atoms with van der Waals surface area (Å²) in [6.45, 7) is 1.71. The summed E-state index contributed by atoms with van der Waals surface area (Å²) in [5, 5.41) is 8.83. The first kappa shape index (κ1) is 9.98. The van der Waals surface area contributed by atoms with Crippen LogP contribution in [0.4, 0.5) is 5.82 Å². The minimum absolute atomic E-state index is 0.170. The summed E-state index contributed by atoms with van der Waals surface area (Å²) in [6, 6.07) is 3.64. The summed E-state index contributed by atoms with van der Waals surface area (Å²) in [5.41, 5.74) is 7.08. The lowest BCUT2D eigenvalue weighted by Crippen LogP contribution is -2.03. The highest BCUT2D eigenvalue weighted by atomic mass is 15.0. The standard InChI is InChI=1S/C10H8N6/c1-6-7(4-11)9(12)16-10(15-6)8-2-3-13-5-14-8/h2-3,5H,1H3,(H2,12,15,16). The van der Waals surface area contributed by atoms with Gasteiger partial charge in [0.2, 0.25) is 0 Å². The Balaban J connectivity index is 2.58. The van der Waals surface area contributed by atoms with E-state index in [1.807, 2.05) is 6.07 Å². The molecule has 2 aromatic rings. The van der Waals surface area contributed by atoms with E-state index in [1.165, 1.54) is 6.33 Å². The monoisotopic (exact) mass is 212 g/mol. The van der Waals surface area contributed by atoms with E-state index in [0.717, 1.165) is 0 Å². The van der Waals surface area contributed by atoms with Crippen molar-refractivity contribution in [3.05, 3.63) is 29.8 Å². The van der Waals surface area contributed by atoms with Gasteiger partial charge in [-0.15, -0.1) is 0 Å². The summed E-state index contributed by atoms with van der Waals surface area (Å²) in [7, 11) is 0. The fourth-order valence-electron chi connectivity index (χ4n) is 1.27. The molecule has 0 aliphatic carbocycles. The number of nitrogens with two attached hydrogens (primary N) is 1. The lowest BCUT2D eigenvalue weighted by molar-refractivity contribution is 1.07. The molecular weight excluding hydrogens is 204 g/mol. The molecule has 0 aliphatic heterocycles. The molecule has 0 saturated heterocycles. The van der Waals surface area contributed by atoms with Crippen molar-refractivity contribution in [1.82, 2.24) is 19.9 Å². The molecule has 0 aliphatic rings. The third kappa shape index (κ3) is 1.66. The highest BCUT2D eigenvalue weighted by Crippen LogP contribution is 2.17. The average Bonchev–Trinajstić information content (AvgIpc) is 2.30. The third-order valence-electron chi connectivity index (χ3n) is 2.04. The van der Waals surface area contributed by atoms with Crippen LogP contribution in [0.5, 0.6) is 0 Å².